The number of hydrogen-bond donors (Lipinski definition) is 1. The molecule has 3 nitrogen and oxygen atoms in total. The largest absolute Gasteiger partial charge is 0.493 e. The number of halogens is 1. The van der Waals surface area contributed by atoms with Gasteiger partial charge < -0.3 is 14.6 Å². The van der Waals surface area contributed by atoms with Gasteiger partial charge >= 0.3 is 0 Å². The third-order valence-corrected chi connectivity index (χ3v) is 3.37. The molecule has 1 N–H and O–H groups in total. The molecule has 94 valence electrons. The summed E-state index contributed by atoms with van der Waals surface area (Å²) in [5.41, 5.74) is 0.662. The van der Waals surface area contributed by atoms with Crippen LogP contribution in [-0.2, 0) is 5.41 Å². The highest BCUT2D eigenvalue weighted by molar-refractivity contribution is 5.57. The molecular weight excluding hydrogens is 223 g/mol. The van der Waals surface area contributed by atoms with Crippen LogP contribution in [0.5, 0.6) is 11.5 Å². The molecule has 0 unspecified atom stereocenters. The smallest absolute Gasteiger partial charge is 0.167 e. The zero-order valence-electron chi connectivity index (χ0n) is 10.5. The Bertz CT molecular complexity index is 454. The monoisotopic (exact) mass is 240 g/mol. The van der Waals surface area contributed by atoms with E-state index in [4.69, 9.17) is 9.47 Å². The summed E-state index contributed by atoms with van der Waals surface area (Å²) in [6.07, 6.45) is -0.220. The van der Waals surface area contributed by atoms with Gasteiger partial charge in [0.25, 0.3) is 0 Å². The van der Waals surface area contributed by atoms with Gasteiger partial charge in [0.1, 0.15) is 5.82 Å². The van der Waals surface area contributed by atoms with Gasteiger partial charge in [0.15, 0.2) is 11.5 Å². The molecule has 0 spiro atoms. The van der Waals surface area contributed by atoms with Crippen LogP contribution in [0.3, 0.4) is 0 Å². The van der Waals surface area contributed by atoms with E-state index in [1.54, 1.807) is 0 Å². The highest BCUT2D eigenvalue weighted by Crippen LogP contribution is 2.52. The van der Waals surface area contributed by atoms with Crippen molar-refractivity contribution in [1.82, 2.24) is 0 Å². The summed E-state index contributed by atoms with van der Waals surface area (Å²) in [5.74, 6) is 0.404. The number of aliphatic hydroxyl groups is 1. The molecule has 0 bridgehead atoms. The van der Waals surface area contributed by atoms with Gasteiger partial charge in [0.2, 0.25) is 0 Å². The minimum absolute atomic E-state index is 0.320. The quantitative estimate of drug-likeness (QED) is 0.863. The lowest BCUT2D eigenvalue weighted by Gasteiger charge is -2.20. The summed E-state index contributed by atoms with van der Waals surface area (Å²) in [5, 5.41) is 10.1. The van der Waals surface area contributed by atoms with Gasteiger partial charge in [0, 0.05) is 17.2 Å². The van der Waals surface area contributed by atoms with Crippen molar-refractivity contribution < 1.29 is 19.0 Å². The molecule has 0 heterocycles. The van der Waals surface area contributed by atoms with Crippen molar-refractivity contribution in [1.29, 1.82) is 0 Å². The Hall–Kier alpha value is -1.29. The number of rotatable bonds is 2. The fourth-order valence-electron chi connectivity index (χ4n) is 2.68. The third kappa shape index (κ3) is 1.67. The van der Waals surface area contributed by atoms with Crippen molar-refractivity contribution in [3.05, 3.63) is 23.0 Å². The van der Waals surface area contributed by atoms with Gasteiger partial charge in [-0.3, -0.25) is 0 Å². The van der Waals surface area contributed by atoms with Crippen LogP contribution in [0, 0.1) is 5.82 Å². The number of ether oxygens (including phenoxy) is 2. The van der Waals surface area contributed by atoms with E-state index >= 15 is 0 Å². The maximum Gasteiger partial charge on any atom is 0.167 e. The second-order valence-corrected chi connectivity index (χ2v) is 4.99. The van der Waals surface area contributed by atoms with Crippen molar-refractivity contribution in [3.63, 3.8) is 0 Å². The van der Waals surface area contributed by atoms with E-state index in [1.807, 2.05) is 13.8 Å². The fourth-order valence-corrected chi connectivity index (χ4v) is 2.68. The van der Waals surface area contributed by atoms with Gasteiger partial charge in [-0.15, -0.1) is 0 Å². The minimum atomic E-state index is -0.709. The lowest BCUT2D eigenvalue weighted by Crippen LogP contribution is -2.14. The van der Waals surface area contributed by atoms with Crippen LogP contribution in [0.15, 0.2) is 6.07 Å². The molecule has 2 rings (SSSR count). The summed E-state index contributed by atoms with van der Waals surface area (Å²) in [7, 11) is 2.95. The first-order valence-electron chi connectivity index (χ1n) is 5.55. The highest BCUT2D eigenvalue weighted by atomic mass is 19.1. The van der Waals surface area contributed by atoms with Gasteiger partial charge in [-0.05, 0) is 11.8 Å². The highest BCUT2D eigenvalue weighted by Gasteiger charge is 2.41. The Kier molecular flexibility index (Phi) is 2.78. The molecule has 0 saturated heterocycles. The van der Waals surface area contributed by atoms with Crippen LogP contribution >= 0.6 is 0 Å². The number of hydrogen-bond acceptors (Lipinski definition) is 3. The van der Waals surface area contributed by atoms with Crippen LogP contribution in [0.1, 0.15) is 37.5 Å². The Balaban J connectivity index is 2.76. The van der Waals surface area contributed by atoms with Crippen molar-refractivity contribution in [2.75, 3.05) is 14.2 Å². The molecule has 0 fully saturated rings. The number of benzene rings is 1. The summed E-state index contributed by atoms with van der Waals surface area (Å²) in [6, 6.07) is 1.32. The molecule has 17 heavy (non-hydrogen) atoms. The second-order valence-electron chi connectivity index (χ2n) is 4.99. The molecule has 1 aromatic rings. The molecule has 1 aliphatic rings. The first-order valence-corrected chi connectivity index (χ1v) is 5.55. The van der Waals surface area contributed by atoms with E-state index in [1.165, 1.54) is 20.3 Å². The molecule has 0 saturated carbocycles. The van der Waals surface area contributed by atoms with E-state index in [0.29, 0.717) is 29.0 Å². The fraction of sp³-hybridized carbons (Fsp3) is 0.538. The summed E-state index contributed by atoms with van der Waals surface area (Å²) in [4.78, 5) is 0. The maximum atomic E-state index is 14.1. The topological polar surface area (TPSA) is 38.7 Å². The van der Waals surface area contributed by atoms with E-state index in [9.17, 15) is 9.50 Å². The predicted octanol–water partition coefficient (Wildman–Crippen LogP) is 2.56. The summed E-state index contributed by atoms with van der Waals surface area (Å²) < 4.78 is 24.4. The van der Waals surface area contributed by atoms with Crippen LogP contribution in [0.2, 0.25) is 0 Å². The molecule has 1 aromatic carbocycles. The van der Waals surface area contributed by atoms with Crippen molar-refractivity contribution in [3.8, 4) is 11.5 Å². The summed E-state index contributed by atoms with van der Waals surface area (Å²) >= 11 is 0. The first-order chi connectivity index (χ1) is 7.92. The van der Waals surface area contributed by atoms with E-state index < -0.39 is 11.5 Å². The number of aliphatic hydroxyl groups excluding tert-OH is 1. The Morgan fingerprint density at radius 1 is 1.35 bits per heavy atom. The third-order valence-electron chi connectivity index (χ3n) is 3.37. The molecule has 4 heteroatoms. The van der Waals surface area contributed by atoms with Crippen LogP contribution < -0.4 is 9.47 Å². The van der Waals surface area contributed by atoms with Crippen LogP contribution in [-0.4, -0.2) is 19.3 Å². The maximum absolute atomic E-state index is 14.1. The van der Waals surface area contributed by atoms with Crippen molar-refractivity contribution >= 4 is 0 Å². The SMILES string of the molecule is COc1cc(F)c2c(c1OC)[C@@H](O)CC2(C)C. The molecule has 1 atom stereocenters. The number of fused-ring (bicyclic) bond motifs is 1. The normalized spacial score (nSPS) is 21.2. The Morgan fingerprint density at radius 2 is 2.00 bits per heavy atom. The van der Waals surface area contributed by atoms with Gasteiger partial charge in [-0.2, -0.15) is 0 Å². The molecule has 0 aliphatic heterocycles. The van der Waals surface area contributed by atoms with Crippen molar-refractivity contribution in [2.45, 2.75) is 31.8 Å². The average molecular weight is 240 g/mol. The molecule has 0 radical (unpaired) electrons. The first kappa shape index (κ1) is 12.2. The van der Waals surface area contributed by atoms with Crippen LogP contribution in [0.4, 0.5) is 4.39 Å². The Morgan fingerprint density at radius 3 is 2.53 bits per heavy atom. The van der Waals surface area contributed by atoms with Crippen LogP contribution in [0.25, 0.3) is 0 Å². The second kappa shape index (κ2) is 3.88. The lowest BCUT2D eigenvalue weighted by atomic mass is 9.86. The zero-order valence-corrected chi connectivity index (χ0v) is 10.5. The van der Waals surface area contributed by atoms with Gasteiger partial charge in [-0.1, -0.05) is 13.8 Å². The summed E-state index contributed by atoms with van der Waals surface area (Å²) in [6.45, 7) is 3.83. The number of methoxy groups -OCH3 is 2. The average Bonchev–Trinajstić information content (AvgIpc) is 2.49. The molecule has 0 aromatic heterocycles. The Labute approximate surface area is 100 Å². The van der Waals surface area contributed by atoms with E-state index in [0.717, 1.165) is 0 Å². The standard InChI is InChI=1S/C13H17FO3/c1-13(2)6-8(15)10-11(13)7(14)5-9(16-3)12(10)17-4/h5,8,15H,6H2,1-4H3/t8-/m0/s1. The van der Waals surface area contributed by atoms with Crippen molar-refractivity contribution in [2.24, 2.45) is 0 Å². The predicted molar refractivity (Wildman–Crippen MR) is 62.1 cm³/mol. The van der Waals surface area contributed by atoms with Gasteiger partial charge in [0.05, 0.1) is 20.3 Å². The minimum Gasteiger partial charge on any atom is -0.493 e. The lowest BCUT2D eigenvalue weighted by molar-refractivity contribution is 0.158. The molecular formula is C13H17FO3. The van der Waals surface area contributed by atoms with E-state index in [-0.39, 0.29) is 5.82 Å². The van der Waals surface area contributed by atoms with E-state index in [2.05, 4.69) is 0 Å². The molecule has 0 amide bonds. The zero-order chi connectivity index (χ0) is 12.8. The van der Waals surface area contributed by atoms with Gasteiger partial charge in [-0.25, -0.2) is 4.39 Å². The molecule has 1 aliphatic carbocycles.